The quantitative estimate of drug-likeness (QED) is 0.676. The minimum atomic E-state index is -4.08. The standard InChI is InChI=1S/C11H11BrFNO3S/c1-2-3-4-5-17-10-7-9(13)11(6-8(10)12)18(14,15)16/h6-7H,4-5H2,1H3,(H2,14,15,16). The first kappa shape index (κ1) is 15.0. The topological polar surface area (TPSA) is 69.4 Å². The number of hydrogen-bond donors (Lipinski definition) is 1. The Morgan fingerprint density at radius 3 is 2.72 bits per heavy atom. The second-order valence-electron chi connectivity index (χ2n) is 3.28. The molecule has 0 saturated carbocycles. The summed E-state index contributed by atoms with van der Waals surface area (Å²) >= 11 is 3.10. The van der Waals surface area contributed by atoms with Gasteiger partial charge in [0.25, 0.3) is 0 Å². The molecule has 0 atom stereocenters. The molecule has 0 heterocycles. The van der Waals surface area contributed by atoms with E-state index in [9.17, 15) is 12.8 Å². The van der Waals surface area contributed by atoms with Gasteiger partial charge in [0.2, 0.25) is 10.0 Å². The van der Waals surface area contributed by atoms with Crippen molar-refractivity contribution in [2.45, 2.75) is 18.2 Å². The number of primary sulfonamides is 1. The molecule has 1 aromatic rings. The van der Waals surface area contributed by atoms with Gasteiger partial charge in [-0.05, 0) is 28.9 Å². The van der Waals surface area contributed by atoms with Gasteiger partial charge in [0, 0.05) is 12.5 Å². The van der Waals surface area contributed by atoms with Gasteiger partial charge >= 0.3 is 0 Å². The van der Waals surface area contributed by atoms with Crippen LogP contribution >= 0.6 is 15.9 Å². The van der Waals surface area contributed by atoms with Crippen molar-refractivity contribution >= 4 is 26.0 Å². The lowest BCUT2D eigenvalue weighted by atomic mass is 10.3. The molecule has 0 saturated heterocycles. The summed E-state index contributed by atoms with van der Waals surface area (Å²) in [6.45, 7) is 1.99. The zero-order valence-electron chi connectivity index (χ0n) is 9.54. The molecule has 4 nitrogen and oxygen atoms in total. The normalized spacial score (nSPS) is 10.7. The van der Waals surface area contributed by atoms with Gasteiger partial charge in [-0.2, -0.15) is 0 Å². The third-order valence-corrected chi connectivity index (χ3v) is 3.50. The van der Waals surface area contributed by atoms with E-state index in [0.29, 0.717) is 10.9 Å². The Labute approximate surface area is 114 Å². The lowest BCUT2D eigenvalue weighted by molar-refractivity contribution is 0.322. The van der Waals surface area contributed by atoms with Crippen LogP contribution in [0.2, 0.25) is 0 Å². The van der Waals surface area contributed by atoms with E-state index in [0.717, 1.165) is 12.1 Å². The predicted octanol–water partition coefficient (Wildman–Crippen LogP) is 2.03. The molecule has 0 aliphatic carbocycles. The highest BCUT2D eigenvalue weighted by atomic mass is 79.9. The van der Waals surface area contributed by atoms with Gasteiger partial charge in [0.1, 0.15) is 16.5 Å². The molecule has 0 amide bonds. The number of rotatable bonds is 4. The molecule has 0 aliphatic heterocycles. The van der Waals surface area contributed by atoms with Crippen molar-refractivity contribution in [3.63, 3.8) is 0 Å². The zero-order valence-corrected chi connectivity index (χ0v) is 11.9. The largest absolute Gasteiger partial charge is 0.491 e. The van der Waals surface area contributed by atoms with Crippen molar-refractivity contribution in [2.75, 3.05) is 6.61 Å². The Morgan fingerprint density at radius 1 is 1.50 bits per heavy atom. The molecule has 0 fully saturated rings. The van der Waals surface area contributed by atoms with Crippen LogP contribution in [-0.4, -0.2) is 15.0 Å². The van der Waals surface area contributed by atoms with Crippen molar-refractivity contribution < 1.29 is 17.5 Å². The van der Waals surface area contributed by atoms with Crippen molar-refractivity contribution in [1.29, 1.82) is 0 Å². The van der Waals surface area contributed by atoms with E-state index in [1.165, 1.54) is 0 Å². The number of halogens is 2. The van der Waals surface area contributed by atoms with Gasteiger partial charge < -0.3 is 4.74 Å². The molecular weight excluding hydrogens is 325 g/mol. The monoisotopic (exact) mass is 335 g/mol. The van der Waals surface area contributed by atoms with Gasteiger partial charge in [-0.1, -0.05) is 0 Å². The Kier molecular flexibility index (Phi) is 5.14. The van der Waals surface area contributed by atoms with Crippen molar-refractivity contribution in [2.24, 2.45) is 5.14 Å². The molecule has 7 heteroatoms. The van der Waals surface area contributed by atoms with Crippen LogP contribution in [0.4, 0.5) is 4.39 Å². The Balaban J connectivity index is 2.96. The predicted molar refractivity (Wildman–Crippen MR) is 69.0 cm³/mol. The number of hydrogen-bond acceptors (Lipinski definition) is 3. The molecule has 1 aromatic carbocycles. The molecule has 0 radical (unpaired) electrons. The van der Waals surface area contributed by atoms with Crippen molar-refractivity contribution in [3.05, 3.63) is 22.4 Å². The summed E-state index contributed by atoms with van der Waals surface area (Å²) in [4.78, 5) is -0.574. The van der Waals surface area contributed by atoms with Crippen LogP contribution in [0.5, 0.6) is 5.75 Å². The molecule has 98 valence electrons. The molecule has 18 heavy (non-hydrogen) atoms. The van der Waals surface area contributed by atoms with Crippen LogP contribution < -0.4 is 9.88 Å². The third kappa shape index (κ3) is 3.98. The van der Waals surface area contributed by atoms with E-state index in [-0.39, 0.29) is 12.4 Å². The molecule has 0 aliphatic rings. The summed E-state index contributed by atoms with van der Waals surface area (Å²) in [5.74, 6) is 4.74. The van der Waals surface area contributed by atoms with Gasteiger partial charge in [0.05, 0.1) is 11.1 Å². The molecular formula is C11H11BrFNO3S. The van der Waals surface area contributed by atoms with E-state index in [1.54, 1.807) is 6.92 Å². The van der Waals surface area contributed by atoms with E-state index >= 15 is 0 Å². The summed E-state index contributed by atoms with van der Waals surface area (Å²) < 4.78 is 41.2. The van der Waals surface area contributed by atoms with Crippen LogP contribution in [0, 0.1) is 17.7 Å². The second kappa shape index (κ2) is 6.18. The van der Waals surface area contributed by atoms with Crippen LogP contribution in [0.3, 0.4) is 0 Å². The van der Waals surface area contributed by atoms with Gasteiger partial charge in [-0.3, -0.25) is 0 Å². The number of nitrogens with two attached hydrogens (primary N) is 1. The van der Waals surface area contributed by atoms with E-state index in [1.807, 2.05) is 0 Å². The number of ether oxygens (including phenoxy) is 1. The minimum absolute atomic E-state index is 0.206. The molecule has 0 aromatic heterocycles. The molecule has 0 bridgehead atoms. The average molecular weight is 336 g/mol. The third-order valence-electron chi connectivity index (χ3n) is 1.95. The minimum Gasteiger partial charge on any atom is -0.491 e. The average Bonchev–Trinajstić information content (AvgIpc) is 2.27. The van der Waals surface area contributed by atoms with Crippen molar-refractivity contribution in [1.82, 2.24) is 0 Å². The summed E-state index contributed by atoms with van der Waals surface area (Å²) in [5.41, 5.74) is 0. The lowest BCUT2D eigenvalue weighted by Crippen LogP contribution is -2.14. The first-order valence-electron chi connectivity index (χ1n) is 4.90. The fraction of sp³-hybridized carbons (Fsp3) is 0.273. The Bertz CT molecular complexity index is 605. The molecule has 1 rings (SSSR count). The Hall–Kier alpha value is -1.10. The molecule has 0 unspecified atom stereocenters. The smallest absolute Gasteiger partial charge is 0.241 e. The zero-order chi connectivity index (χ0) is 13.8. The summed E-state index contributed by atoms with van der Waals surface area (Å²) in [7, 11) is -4.08. The molecule has 0 spiro atoms. The summed E-state index contributed by atoms with van der Waals surface area (Å²) in [6, 6.07) is 2.05. The number of sulfonamides is 1. The fourth-order valence-electron chi connectivity index (χ4n) is 1.18. The first-order valence-corrected chi connectivity index (χ1v) is 7.24. The highest BCUT2D eigenvalue weighted by Crippen LogP contribution is 2.29. The van der Waals surface area contributed by atoms with Crippen LogP contribution in [-0.2, 0) is 10.0 Å². The van der Waals surface area contributed by atoms with Crippen molar-refractivity contribution in [3.8, 4) is 17.6 Å². The highest BCUT2D eigenvalue weighted by Gasteiger charge is 2.17. The summed E-state index contributed by atoms with van der Waals surface area (Å²) in [6.07, 6.45) is 0.501. The lowest BCUT2D eigenvalue weighted by Gasteiger charge is -2.09. The van der Waals surface area contributed by atoms with Gasteiger partial charge in [-0.15, -0.1) is 11.8 Å². The van der Waals surface area contributed by atoms with Gasteiger partial charge in [0.15, 0.2) is 0 Å². The van der Waals surface area contributed by atoms with Crippen LogP contribution in [0.1, 0.15) is 13.3 Å². The van der Waals surface area contributed by atoms with E-state index in [4.69, 9.17) is 9.88 Å². The first-order chi connectivity index (χ1) is 8.36. The number of benzene rings is 1. The maximum absolute atomic E-state index is 13.5. The van der Waals surface area contributed by atoms with Gasteiger partial charge in [-0.25, -0.2) is 17.9 Å². The summed E-state index contributed by atoms with van der Waals surface area (Å²) in [5, 5.41) is 4.87. The SMILES string of the molecule is CC#CCCOc1cc(F)c(S(N)(=O)=O)cc1Br. The maximum atomic E-state index is 13.5. The maximum Gasteiger partial charge on any atom is 0.241 e. The van der Waals surface area contributed by atoms with E-state index < -0.39 is 20.7 Å². The van der Waals surface area contributed by atoms with E-state index in [2.05, 4.69) is 27.8 Å². The highest BCUT2D eigenvalue weighted by molar-refractivity contribution is 9.10. The molecule has 2 N–H and O–H groups in total. The van der Waals surface area contributed by atoms with Crippen LogP contribution in [0.15, 0.2) is 21.5 Å². The van der Waals surface area contributed by atoms with Crippen LogP contribution in [0.25, 0.3) is 0 Å². The Morgan fingerprint density at radius 2 is 2.17 bits per heavy atom. The second-order valence-corrected chi connectivity index (χ2v) is 5.67. The fourth-order valence-corrected chi connectivity index (χ4v) is 2.40.